The van der Waals surface area contributed by atoms with Crippen LogP contribution in [0.25, 0.3) is 0 Å². The van der Waals surface area contributed by atoms with E-state index in [-0.39, 0.29) is 5.88 Å². The monoisotopic (exact) mass is 218 g/mol. The van der Waals surface area contributed by atoms with Gasteiger partial charge in [-0.15, -0.1) is 11.6 Å². The van der Waals surface area contributed by atoms with E-state index in [9.17, 15) is 4.79 Å². The maximum Gasteiger partial charge on any atom is 0.312 e. The number of rotatable bonds is 3. The molecule has 0 saturated heterocycles. The summed E-state index contributed by atoms with van der Waals surface area (Å²) < 4.78 is 0. The Kier molecular flexibility index (Phi) is 3.58. The Hall–Kier alpha value is -0.730. The maximum absolute atomic E-state index is 10.7. The van der Waals surface area contributed by atoms with Gasteiger partial charge in [0, 0.05) is 10.9 Å². The Morgan fingerprint density at radius 2 is 1.92 bits per heavy atom. The van der Waals surface area contributed by atoms with Gasteiger partial charge in [0.15, 0.2) is 0 Å². The average molecular weight is 219 g/mol. The Morgan fingerprint density at radius 1 is 1.38 bits per heavy atom. The summed E-state index contributed by atoms with van der Waals surface area (Å²) in [6.45, 7) is 0. The average Bonchev–Trinajstić information content (AvgIpc) is 2.09. The van der Waals surface area contributed by atoms with Crippen LogP contribution < -0.4 is 0 Å². The summed E-state index contributed by atoms with van der Waals surface area (Å²) in [7, 11) is 0. The van der Waals surface area contributed by atoms with E-state index in [1.807, 2.05) is 0 Å². The number of hydrogen-bond donors (Lipinski definition) is 1. The van der Waals surface area contributed by atoms with E-state index in [0.717, 1.165) is 0 Å². The summed E-state index contributed by atoms with van der Waals surface area (Å²) >= 11 is 11.2. The minimum Gasteiger partial charge on any atom is -0.481 e. The standard InChI is InChI=1S/C9H8Cl2O2/c10-5-8(9(12)13)6-1-3-7(11)4-2-6/h1-4,8H,5H2,(H,12,13). The fraction of sp³-hybridized carbons (Fsp3) is 0.222. The van der Waals surface area contributed by atoms with E-state index in [2.05, 4.69) is 0 Å². The molecule has 4 heteroatoms. The molecule has 0 fully saturated rings. The van der Waals surface area contributed by atoms with Gasteiger partial charge in [0.1, 0.15) is 0 Å². The third kappa shape index (κ3) is 2.61. The molecule has 0 aliphatic carbocycles. The van der Waals surface area contributed by atoms with Gasteiger partial charge in [-0.1, -0.05) is 23.7 Å². The Labute approximate surface area is 86.1 Å². The van der Waals surface area contributed by atoms with E-state index in [1.165, 1.54) is 0 Å². The van der Waals surface area contributed by atoms with E-state index in [0.29, 0.717) is 10.6 Å². The Bertz CT molecular complexity index is 295. The number of carboxylic acid groups (broad SMARTS) is 1. The normalized spacial score (nSPS) is 12.5. The molecule has 0 heterocycles. The smallest absolute Gasteiger partial charge is 0.312 e. The number of halogens is 2. The largest absolute Gasteiger partial charge is 0.481 e. The van der Waals surface area contributed by atoms with E-state index >= 15 is 0 Å². The zero-order valence-corrected chi connectivity index (χ0v) is 8.22. The molecular formula is C9H8Cl2O2. The van der Waals surface area contributed by atoms with Crippen LogP contribution >= 0.6 is 23.2 Å². The lowest BCUT2D eigenvalue weighted by molar-refractivity contribution is -0.138. The van der Waals surface area contributed by atoms with Gasteiger partial charge in [0.05, 0.1) is 5.92 Å². The highest BCUT2D eigenvalue weighted by atomic mass is 35.5. The number of benzene rings is 1. The van der Waals surface area contributed by atoms with Crippen LogP contribution in [0.1, 0.15) is 11.5 Å². The van der Waals surface area contributed by atoms with Crippen LogP contribution in [-0.2, 0) is 4.79 Å². The minimum absolute atomic E-state index is 0.0664. The van der Waals surface area contributed by atoms with Crippen LogP contribution in [-0.4, -0.2) is 17.0 Å². The first-order valence-corrected chi connectivity index (χ1v) is 4.60. The summed E-state index contributed by atoms with van der Waals surface area (Å²) in [6, 6.07) is 6.64. The van der Waals surface area contributed by atoms with Crippen LogP contribution in [0.5, 0.6) is 0 Å². The van der Waals surface area contributed by atoms with Crippen LogP contribution in [0.15, 0.2) is 24.3 Å². The number of aliphatic carboxylic acids is 1. The first-order valence-electron chi connectivity index (χ1n) is 3.69. The van der Waals surface area contributed by atoms with Crippen LogP contribution in [0.3, 0.4) is 0 Å². The molecule has 0 bridgehead atoms. The van der Waals surface area contributed by atoms with Crippen molar-refractivity contribution in [2.24, 2.45) is 0 Å². The van der Waals surface area contributed by atoms with E-state index in [1.54, 1.807) is 24.3 Å². The molecule has 1 aromatic rings. The fourth-order valence-electron chi connectivity index (χ4n) is 0.993. The Morgan fingerprint density at radius 3 is 2.31 bits per heavy atom. The summed E-state index contributed by atoms with van der Waals surface area (Å²) in [5.41, 5.74) is 0.673. The lowest BCUT2D eigenvalue weighted by atomic mass is 10.0. The molecule has 1 rings (SSSR count). The highest BCUT2D eigenvalue weighted by molar-refractivity contribution is 6.30. The zero-order chi connectivity index (χ0) is 9.84. The van der Waals surface area contributed by atoms with Crippen molar-refractivity contribution in [2.75, 3.05) is 5.88 Å². The van der Waals surface area contributed by atoms with Crippen molar-refractivity contribution in [1.29, 1.82) is 0 Å². The van der Waals surface area contributed by atoms with Crippen molar-refractivity contribution < 1.29 is 9.90 Å². The second kappa shape index (κ2) is 4.49. The first kappa shape index (κ1) is 10.4. The Balaban J connectivity index is 2.92. The first-order chi connectivity index (χ1) is 6.15. The molecule has 0 amide bonds. The van der Waals surface area contributed by atoms with Gasteiger partial charge in [-0.3, -0.25) is 4.79 Å². The summed E-state index contributed by atoms with van der Waals surface area (Å²) in [4.78, 5) is 10.7. The maximum atomic E-state index is 10.7. The van der Waals surface area contributed by atoms with Crippen molar-refractivity contribution in [3.05, 3.63) is 34.9 Å². The lowest BCUT2D eigenvalue weighted by Gasteiger charge is -2.08. The van der Waals surface area contributed by atoms with E-state index in [4.69, 9.17) is 28.3 Å². The SMILES string of the molecule is O=C(O)C(CCl)c1ccc(Cl)cc1. The van der Waals surface area contributed by atoms with Gasteiger partial charge in [0.25, 0.3) is 0 Å². The van der Waals surface area contributed by atoms with Crippen LogP contribution in [0.2, 0.25) is 5.02 Å². The number of hydrogen-bond acceptors (Lipinski definition) is 1. The van der Waals surface area contributed by atoms with Gasteiger partial charge >= 0.3 is 5.97 Å². The molecule has 1 N–H and O–H groups in total. The van der Waals surface area contributed by atoms with Crippen molar-refractivity contribution >= 4 is 29.2 Å². The quantitative estimate of drug-likeness (QED) is 0.793. The predicted molar refractivity (Wildman–Crippen MR) is 52.5 cm³/mol. The van der Waals surface area contributed by atoms with Gasteiger partial charge in [-0.2, -0.15) is 0 Å². The fourth-order valence-corrected chi connectivity index (χ4v) is 1.43. The molecule has 0 spiro atoms. The molecule has 0 radical (unpaired) electrons. The van der Waals surface area contributed by atoms with Crippen molar-refractivity contribution in [3.8, 4) is 0 Å². The highest BCUT2D eigenvalue weighted by Crippen LogP contribution is 2.19. The summed E-state index contributed by atoms with van der Waals surface area (Å²) in [6.07, 6.45) is 0. The molecule has 13 heavy (non-hydrogen) atoms. The van der Waals surface area contributed by atoms with E-state index < -0.39 is 11.9 Å². The zero-order valence-electron chi connectivity index (χ0n) is 6.71. The van der Waals surface area contributed by atoms with Gasteiger partial charge < -0.3 is 5.11 Å². The number of alkyl halides is 1. The van der Waals surface area contributed by atoms with Crippen molar-refractivity contribution in [1.82, 2.24) is 0 Å². The molecule has 70 valence electrons. The topological polar surface area (TPSA) is 37.3 Å². The summed E-state index contributed by atoms with van der Waals surface area (Å²) in [5, 5.41) is 9.36. The second-order valence-corrected chi connectivity index (χ2v) is 3.34. The highest BCUT2D eigenvalue weighted by Gasteiger charge is 2.17. The number of carboxylic acids is 1. The molecule has 1 unspecified atom stereocenters. The van der Waals surface area contributed by atoms with Gasteiger partial charge in [-0.25, -0.2) is 0 Å². The second-order valence-electron chi connectivity index (χ2n) is 2.60. The molecule has 2 nitrogen and oxygen atoms in total. The lowest BCUT2D eigenvalue weighted by Crippen LogP contribution is -2.12. The van der Waals surface area contributed by atoms with Gasteiger partial charge in [0.2, 0.25) is 0 Å². The molecule has 0 saturated carbocycles. The number of carbonyl (C=O) groups is 1. The van der Waals surface area contributed by atoms with Crippen molar-refractivity contribution in [3.63, 3.8) is 0 Å². The van der Waals surface area contributed by atoms with Crippen LogP contribution in [0, 0.1) is 0 Å². The molecule has 0 aliphatic heterocycles. The van der Waals surface area contributed by atoms with Crippen LogP contribution in [0.4, 0.5) is 0 Å². The molecular weight excluding hydrogens is 211 g/mol. The summed E-state index contributed by atoms with van der Waals surface area (Å²) in [5.74, 6) is -1.51. The third-order valence-electron chi connectivity index (χ3n) is 1.72. The third-order valence-corrected chi connectivity index (χ3v) is 2.29. The molecule has 0 aliphatic rings. The van der Waals surface area contributed by atoms with Crippen molar-refractivity contribution in [2.45, 2.75) is 5.92 Å². The molecule has 0 aromatic heterocycles. The molecule has 1 atom stereocenters. The molecule has 1 aromatic carbocycles. The minimum atomic E-state index is -0.919. The van der Waals surface area contributed by atoms with Gasteiger partial charge in [-0.05, 0) is 17.7 Å². The predicted octanol–water partition coefficient (Wildman–Crippen LogP) is 2.75.